The molecule has 1 aliphatic heterocycles. The monoisotopic (exact) mass is 488 g/mol. The van der Waals surface area contributed by atoms with Crippen LogP contribution in [0.4, 0.5) is 17.6 Å². The fourth-order valence-corrected chi connectivity index (χ4v) is 5.48. The predicted molar refractivity (Wildman–Crippen MR) is 147 cm³/mol. The molecule has 0 saturated heterocycles. The Labute approximate surface area is 215 Å². The van der Waals surface area contributed by atoms with Crippen molar-refractivity contribution in [1.29, 1.82) is 5.26 Å². The second-order valence-electron chi connectivity index (χ2n) is 10.8. The molecule has 3 N–H and O–H groups in total. The first kappa shape index (κ1) is 25.7. The molecule has 0 amide bonds. The lowest BCUT2D eigenvalue weighted by atomic mass is 9.73. The minimum atomic E-state index is 0.280. The van der Waals surface area contributed by atoms with Gasteiger partial charge in [-0.15, -0.1) is 0 Å². The number of H-pyrrole nitrogens is 1. The summed E-state index contributed by atoms with van der Waals surface area (Å²) < 4.78 is 2.14. The fourth-order valence-electron chi connectivity index (χ4n) is 5.48. The molecule has 192 valence electrons. The maximum atomic E-state index is 8.95. The van der Waals surface area contributed by atoms with Gasteiger partial charge in [0.1, 0.15) is 0 Å². The summed E-state index contributed by atoms with van der Waals surface area (Å²) in [6, 6.07) is 4.60. The van der Waals surface area contributed by atoms with Gasteiger partial charge in [0.15, 0.2) is 11.6 Å². The molecule has 0 spiro atoms. The maximum absolute atomic E-state index is 8.95. The summed E-state index contributed by atoms with van der Waals surface area (Å²) >= 11 is 0. The number of hydrogen-bond donors (Lipinski definition) is 3. The highest BCUT2D eigenvalue weighted by molar-refractivity contribution is 5.65. The van der Waals surface area contributed by atoms with E-state index in [1.807, 2.05) is 31.6 Å². The van der Waals surface area contributed by atoms with Crippen LogP contribution < -0.4 is 10.6 Å². The summed E-state index contributed by atoms with van der Waals surface area (Å²) in [4.78, 5) is 9.35. The lowest BCUT2D eigenvalue weighted by Crippen LogP contribution is -2.25. The number of fused-ring (bicyclic) bond motifs is 1. The third-order valence-electron chi connectivity index (χ3n) is 7.33. The molecular formula is C28H40N8. The number of aliphatic imine (C=N–C) groups is 1. The molecule has 3 heterocycles. The van der Waals surface area contributed by atoms with Crippen molar-refractivity contribution in [3.63, 3.8) is 0 Å². The number of aromatic nitrogens is 4. The number of unbranched alkanes of at least 4 members (excludes halogenated alkanes) is 1. The van der Waals surface area contributed by atoms with Crippen LogP contribution in [0.1, 0.15) is 83.0 Å². The summed E-state index contributed by atoms with van der Waals surface area (Å²) in [6.45, 7) is 6.77. The van der Waals surface area contributed by atoms with Gasteiger partial charge in [0, 0.05) is 42.8 Å². The van der Waals surface area contributed by atoms with Crippen LogP contribution in [0.5, 0.6) is 0 Å². The third kappa shape index (κ3) is 6.87. The molecule has 0 bridgehead atoms. The number of nitriles is 1. The van der Waals surface area contributed by atoms with Crippen LogP contribution in [0.3, 0.4) is 0 Å². The highest BCUT2D eigenvalue weighted by Gasteiger charge is 2.27. The van der Waals surface area contributed by atoms with E-state index in [1.165, 1.54) is 12.8 Å². The number of anilines is 3. The average molecular weight is 489 g/mol. The van der Waals surface area contributed by atoms with Gasteiger partial charge in [0.2, 0.25) is 5.95 Å². The Balaban J connectivity index is 1.51. The topological polar surface area (TPSA) is 107 Å². The second-order valence-corrected chi connectivity index (χ2v) is 10.8. The molecule has 8 nitrogen and oxygen atoms in total. The molecule has 2 aliphatic rings. The molecule has 0 radical (unpaired) electrons. The summed E-state index contributed by atoms with van der Waals surface area (Å²) in [5.74, 6) is 3.09. The number of rotatable bonds is 7. The lowest BCUT2D eigenvalue weighted by molar-refractivity contribution is 0.216. The molecule has 2 aromatic heterocycles. The Morgan fingerprint density at radius 2 is 2.19 bits per heavy atom. The zero-order valence-electron chi connectivity index (χ0n) is 21.9. The highest BCUT2D eigenvalue weighted by Crippen LogP contribution is 2.38. The zero-order valence-corrected chi connectivity index (χ0v) is 21.9. The Hall–Kier alpha value is -3.34. The number of imidazole rings is 1. The van der Waals surface area contributed by atoms with Crippen LogP contribution in [-0.4, -0.2) is 32.0 Å². The number of aromatic amines is 1. The normalized spacial score (nSPS) is 25.3. The number of aryl methyl sites for hydroxylation is 1. The van der Waals surface area contributed by atoms with E-state index in [0.717, 1.165) is 73.9 Å². The number of allylic oxidation sites excluding steroid dienone is 1. The van der Waals surface area contributed by atoms with Crippen molar-refractivity contribution >= 4 is 30.0 Å². The molecule has 0 fully saturated rings. The van der Waals surface area contributed by atoms with Gasteiger partial charge in [0.05, 0.1) is 11.8 Å². The summed E-state index contributed by atoms with van der Waals surface area (Å²) in [5.41, 5.74) is 2.41. The smallest absolute Gasteiger partial charge is 0.209 e. The Bertz CT molecular complexity index is 1130. The van der Waals surface area contributed by atoms with Crippen molar-refractivity contribution in [1.82, 2.24) is 19.7 Å². The van der Waals surface area contributed by atoms with Gasteiger partial charge in [0.25, 0.3) is 0 Å². The van der Waals surface area contributed by atoms with Crippen molar-refractivity contribution in [2.45, 2.75) is 91.0 Å². The summed E-state index contributed by atoms with van der Waals surface area (Å²) in [6.07, 6.45) is 20.4. The molecule has 0 aromatic carbocycles. The predicted octanol–water partition coefficient (Wildman–Crippen LogP) is 6.74. The summed E-state index contributed by atoms with van der Waals surface area (Å²) in [5, 5.41) is 23.4. The fraction of sp³-hybridized carbons (Fsp3) is 0.571. The van der Waals surface area contributed by atoms with Crippen LogP contribution in [0, 0.1) is 29.6 Å². The quantitative estimate of drug-likeness (QED) is 0.295. The molecular weight excluding hydrogens is 448 g/mol. The lowest BCUT2D eigenvalue weighted by Gasteiger charge is -2.33. The second kappa shape index (κ2) is 12.1. The van der Waals surface area contributed by atoms with Crippen molar-refractivity contribution in [3.8, 4) is 6.07 Å². The molecule has 2 aromatic rings. The minimum Gasteiger partial charge on any atom is -0.352 e. The Morgan fingerprint density at radius 3 is 3.00 bits per heavy atom. The SMILES string of the molecule is Cc1cc(Nc2nc(NC3C/C=C\CC(C)(CCCC#N)CC(C)CC3)n3c2CCC=NC=C3)n[nH]1. The Morgan fingerprint density at radius 1 is 1.31 bits per heavy atom. The van der Waals surface area contributed by atoms with Gasteiger partial charge in [-0.3, -0.25) is 14.7 Å². The average Bonchev–Trinajstić information content (AvgIpc) is 3.36. The molecule has 4 rings (SSSR count). The third-order valence-corrected chi connectivity index (χ3v) is 7.33. The molecule has 36 heavy (non-hydrogen) atoms. The molecule has 1 aliphatic carbocycles. The number of nitrogens with one attached hydrogen (secondary N) is 3. The van der Waals surface area contributed by atoms with Gasteiger partial charge < -0.3 is 10.6 Å². The maximum Gasteiger partial charge on any atom is 0.209 e. The molecule has 8 heteroatoms. The number of nitrogens with zero attached hydrogens (tertiary/aromatic N) is 5. The Kier molecular flexibility index (Phi) is 8.63. The van der Waals surface area contributed by atoms with Gasteiger partial charge in [-0.1, -0.05) is 26.0 Å². The van der Waals surface area contributed by atoms with Gasteiger partial charge in [-0.2, -0.15) is 15.3 Å². The standard InChI is InChI=1S/C28H40N8/c1-21-11-12-23(9-4-5-13-28(3,20-21)14-6-7-15-29)31-27-33-26(32-25-19-22(2)34-35-25)24-10-8-16-30-17-18-36(24)27/h4-5,16-19,21,23H,6-14,20H2,1-3H3,(H,31,33)(H2,32,34,35)/b5-4-,18-17?,30-16?. The molecule has 3 atom stereocenters. The van der Waals surface area contributed by atoms with E-state index in [9.17, 15) is 0 Å². The van der Waals surface area contributed by atoms with Crippen molar-refractivity contribution in [3.05, 3.63) is 35.8 Å². The summed E-state index contributed by atoms with van der Waals surface area (Å²) in [7, 11) is 0. The van der Waals surface area contributed by atoms with Crippen LogP contribution >= 0.6 is 0 Å². The van der Waals surface area contributed by atoms with Gasteiger partial charge in [-0.25, -0.2) is 0 Å². The highest BCUT2D eigenvalue weighted by atomic mass is 15.3. The largest absolute Gasteiger partial charge is 0.352 e. The first-order chi connectivity index (χ1) is 17.5. The van der Waals surface area contributed by atoms with Crippen molar-refractivity contribution < 1.29 is 0 Å². The van der Waals surface area contributed by atoms with Crippen LogP contribution in [0.2, 0.25) is 0 Å². The van der Waals surface area contributed by atoms with Gasteiger partial charge in [-0.05, 0) is 76.0 Å². The first-order valence-corrected chi connectivity index (χ1v) is 13.3. The van der Waals surface area contributed by atoms with E-state index < -0.39 is 0 Å². The van der Waals surface area contributed by atoms with Crippen LogP contribution in [0.25, 0.3) is 6.20 Å². The molecule has 3 unspecified atom stereocenters. The van der Waals surface area contributed by atoms with Crippen LogP contribution in [0.15, 0.2) is 29.4 Å². The van der Waals surface area contributed by atoms with Gasteiger partial charge >= 0.3 is 0 Å². The van der Waals surface area contributed by atoms with E-state index >= 15 is 0 Å². The van der Waals surface area contributed by atoms with Crippen LogP contribution in [-0.2, 0) is 6.42 Å². The van der Waals surface area contributed by atoms with E-state index in [0.29, 0.717) is 18.4 Å². The number of hydrogen-bond acceptors (Lipinski definition) is 6. The zero-order chi connectivity index (χ0) is 25.4. The molecule has 0 saturated carbocycles. The van der Waals surface area contributed by atoms with E-state index in [4.69, 9.17) is 10.2 Å². The van der Waals surface area contributed by atoms with E-state index in [-0.39, 0.29) is 5.41 Å². The van der Waals surface area contributed by atoms with E-state index in [2.05, 4.69) is 62.5 Å². The van der Waals surface area contributed by atoms with E-state index in [1.54, 1.807) is 0 Å². The first-order valence-electron chi connectivity index (χ1n) is 13.3. The van der Waals surface area contributed by atoms with Crippen molar-refractivity contribution in [2.24, 2.45) is 16.3 Å². The van der Waals surface area contributed by atoms with Crippen molar-refractivity contribution in [2.75, 3.05) is 10.6 Å². The minimum absolute atomic E-state index is 0.280.